The quantitative estimate of drug-likeness (QED) is 0.575. The van der Waals surface area contributed by atoms with Crippen molar-refractivity contribution in [3.63, 3.8) is 0 Å². The monoisotopic (exact) mass is 162 g/mol. The Bertz CT molecular complexity index is 93.8. The third-order valence-electron chi connectivity index (χ3n) is 2.05. The molecule has 0 aliphatic heterocycles. The molecule has 0 aliphatic carbocycles. The SMILES string of the molecule is CSC(C)(N(C)C)N(C)C. The molecule has 0 N–H and O–H groups in total. The van der Waals surface area contributed by atoms with Gasteiger partial charge in [0.15, 0.2) is 0 Å². The van der Waals surface area contributed by atoms with Crippen molar-refractivity contribution in [1.82, 2.24) is 9.80 Å². The van der Waals surface area contributed by atoms with E-state index < -0.39 is 0 Å². The van der Waals surface area contributed by atoms with Gasteiger partial charge in [0.25, 0.3) is 0 Å². The van der Waals surface area contributed by atoms with Gasteiger partial charge in [0.1, 0.15) is 4.99 Å². The third kappa shape index (κ3) is 1.87. The molecular weight excluding hydrogens is 144 g/mol. The van der Waals surface area contributed by atoms with Gasteiger partial charge in [-0.15, -0.1) is 11.8 Å². The second-order valence-corrected chi connectivity index (χ2v) is 4.11. The van der Waals surface area contributed by atoms with E-state index in [1.165, 1.54) is 0 Å². The smallest absolute Gasteiger partial charge is 0.118 e. The number of nitrogens with zero attached hydrogens (tertiary/aromatic N) is 2. The topological polar surface area (TPSA) is 6.48 Å². The zero-order valence-electron chi connectivity index (χ0n) is 7.80. The van der Waals surface area contributed by atoms with Crippen LogP contribution in [0.4, 0.5) is 0 Å². The van der Waals surface area contributed by atoms with Crippen LogP contribution in [-0.2, 0) is 0 Å². The molecular formula is C7H18N2S. The molecule has 0 heterocycles. The van der Waals surface area contributed by atoms with E-state index in [9.17, 15) is 0 Å². The van der Waals surface area contributed by atoms with E-state index in [0.717, 1.165) is 0 Å². The number of thioether (sulfide) groups is 1. The molecule has 0 bridgehead atoms. The maximum atomic E-state index is 2.21. The molecule has 0 aromatic rings. The molecule has 0 aliphatic rings. The molecule has 0 atom stereocenters. The van der Waals surface area contributed by atoms with E-state index in [-0.39, 0.29) is 4.99 Å². The van der Waals surface area contributed by atoms with Gasteiger partial charge in [-0.2, -0.15) is 0 Å². The minimum Gasteiger partial charge on any atom is -0.283 e. The lowest BCUT2D eigenvalue weighted by Crippen LogP contribution is -2.49. The highest BCUT2D eigenvalue weighted by Gasteiger charge is 2.27. The highest BCUT2D eigenvalue weighted by Crippen LogP contribution is 2.25. The average molecular weight is 162 g/mol. The van der Waals surface area contributed by atoms with E-state index >= 15 is 0 Å². The van der Waals surface area contributed by atoms with Gasteiger partial charge in [-0.05, 0) is 41.4 Å². The van der Waals surface area contributed by atoms with Crippen LogP contribution < -0.4 is 0 Å². The molecule has 0 amide bonds. The summed E-state index contributed by atoms with van der Waals surface area (Å²) in [6, 6.07) is 0. The molecule has 0 spiro atoms. The van der Waals surface area contributed by atoms with Crippen LogP contribution in [0.1, 0.15) is 6.92 Å². The van der Waals surface area contributed by atoms with E-state index in [4.69, 9.17) is 0 Å². The van der Waals surface area contributed by atoms with Crippen molar-refractivity contribution in [1.29, 1.82) is 0 Å². The zero-order chi connectivity index (χ0) is 8.36. The minimum absolute atomic E-state index is 0.125. The van der Waals surface area contributed by atoms with Crippen molar-refractivity contribution in [2.45, 2.75) is 11.9 Å². The summed E-state index contributed by atoms with van der Waals surface area (Å²) in [6.45, 7) is 2.21. The van der Waals surface area contributed by atoms with E-state index in [1.54, 1.807) is 0 Å². The minimum atomic E-state index is 0.125. The Labute approximate surface area is 68.6 Å². The summed E-state index contributed by atoms with van der Waals surface area (Å²) in [5.74, 6) is 0. The summed E-state index contributed by atoms with van der Waals surface area (Å²) >= 11 is 1.84. The summed E-state index contributed by atoms with van der Waals surface area (Å²) < 4.78 is 0. The van der Waals surface area contributed by atoms with Crippen molar-refractivity contribution in [2.75, 3.05) is 34.4 Å². The van der Waals surface area contributed by atoms with Gasteiger partial charge in [0.2, 0.25) is 0 Å². The Kier molecular flexibility index (Phi) is 3.70. The summed E-state index contributed by atoms with van der Waals surface area (Å²) in [6.07, 6.45) is 2.12. The molecule has 0 unspecified atom stereocenters. The lowest BCUT2D eigenvalue weighted by molar-refractivity contribution is 0.113. The van der Waals surface area contributed by atoms with E-state index in [0.29, 0.717) is 0 Å². The first kappa shape index (κ1) is 10.3. The Balaban J connectivity index is 4.23. The molecule has 0 saturated carbocycles. The Hall–Kier alpha value is 0.270. The summed E-state index contributed by atoms with van der Waals surface area (Å²) in [7, 11) is 8.38. The van der Waals surface area contributed by atoms with Gasteiger partial charge in [0, 0.05) is 0 Å². The van der Waals surface area contributed by atoms with Crippen LogP contribution in [0, 0.1) is 0 Å². The Morgan fingerprint density at radius 3 is 1.30 bits per heavy atom. The maximum absolute atomic E-state index is 2.21. The highest BCUT2D eigenvalue weighted by atomic mass is 32.2. The van der Waals surface area contributed by atoms with Crippen molar-refractivity contribution in [3.8, 4) is 0 Å². The fourth-order valence-electron chi connectivity index (χ4n) is 0.765. The van der Waals surface area contributed by atoms with Crippen LogP contribution in [0.15, 0.2) is 0 Å². The second-order valence-electron chi connectivity index (χ2n) is 2.93. The molecule has 3 heteroatoms. The molecule has 0 rings (SSSR count). The largest absolute Gasteiger partial charge is 0.283 e. The molecule has 0 aromatic heterocycles. The van der Waals surface area contributed by atoms with Crippen molar-refractivity contribution < 1.29 is 0 Å². The van der Waals surface area contributed by atoms with Gasteiger partial charge >= 0.3 is 0 Å². The third-order valence-corrected chi connectivity index (χ3v) is 3.55. The zero-order valence-corrected chi connectivity index (χ0v) is 8.62. The Morgan fingerprint density at radius 2 is 1.30 bits per heavy atom. The fraction of sp³-hybridized carbons (Fsp3) is 1.00. The average Bonchev–Trinajstić information content (AvgIpc) is 1.85. The first-order valence-electron chi connectivity index (χ1n) is 3.35. The van der Waals surface area contributed by atoms with Crippen LogP contribution in [0.2, 0.25) is 0 Å². The molecule has 0 radical (unpaired) electrons. The van der Waals surface area contributed by atoms with Gasteiger partial charge in [-0.1, -0.05) is 0 Å². The second kappa shape index (κ2) is 3.60. The molecule has 0 fully saturated rings. The molecule has 62 valence electrons. The van der Waals surface area contributed by atoms with Crippen LogP contribution in [0.5, 0.6) is 0 Å². The van der Waals surface area contributed by atoms with Gasteiger partial charge in [0.05, 0.1) is 0 Å². The summed E-state index contributed by atoms with van der Waals surface area (Å²) in [5, 5.41) is 0. The molecule has 10 heavy (non-hydrogen) atoms. The molecule has 2 nitrogen and oxygen atoms in total. The highest BCUT2D eigenvalue weighted by molar-refractivity contribution is 7.99. The lowest BCUT2D eigenvalue weighted by atomic mass is 10.4. The van der Waals surface area contributed by atoms with Crippen molar-refractivity contribution in [3.05, 3.63) is 0 Å². The normalized spacial score (nSPS) is 13.2. The predicted molar refractivity (Wildman–Crippen MR) is 49.3 cm³/mol. The van der Waals surface area contributed by atoms with Crippen LogP contribution in [0.3, 0.4) is 0 Å². The number of rotatable bonds is 3. The number of hydrogen-bond acceptors (Lipinski definition) is 3. The van der Waals surface area contributed by atoms with Gasteiger partial charge in [-0.3, -0.25) is 9.80 Å². The summed E-state index contributed by atoms with van der Waals surface area (Å²) in [4.78, 5) is 4.54. The van der Waals surface area contributed by atoms with Crippen LogP contribution >= 0.6 is 11.8 Å². The van der Waals surface area contributed by atoms with Crippen LogP contribution in [0.25, 0.3) is 0 Å². The van der Waals surface area contributed by atoms with E-state index in [2.05, 4.69) is 51.2 Å². The van der Waals surface area contributed by atoms with Crippen molar-refractivity contribution in [2.24, 2.45) is 0 Å². The standard InChI is InChI=1S/C7H18N2S/c1-7(10-6,8(2)3)9(4)5/h1-6H3. The molecule has 0 saturated heterocycles. The summed E-state index contributed by atoms with van der Waals surface area (Å²) in [5.41, 5.74) is 0. The van der Waals surface area contributed by atoms with Crippen LogP contribution in [-0.4, -0.2) is 49.2 Å². The predicted octanol–water partition coefficient (Wildman–Crippen LogP) is 1.15. The van der Waals surface area contributed by atoms with E-state index in [1.807, 2.05) is 11.8 Å². The fourth-order valence-corrected chi connectivity index (χ4v) is 1.50. The van der Waals surface area contributed by atoms with Crippen molar-refractivity contribution >= 4 is 11.8 Å². The Morgan fingerprint density at radius 1 is 1.00 bits per heavy atom. The first-order valence-corrected chi connectivity index (χ1v) is 4.57. The molecule has 0 aromatic carbocycles. The number of hydrogen-bond donors (Lipinski definition) is 0. The lowest BCUT2D eigenvalue weighted by Gasteiger charge is -2.40. The van der Waals surface area contributed by atoms with Gasteiger partial charge in [-0.25, -0.2) is 0 Å². The maximum Gasteiger partial charge on any atom is 0.118 e. The van der Waals surface area contributed by atoms with Gasteiger partial charge < -0.3 is 0 Å². The first-order chi connectivity index (χ1) is 4.45.